The first-order chi connectivity index (χ1) is 23.2. The van der Waals surface area contributed by atoms with Gasteiger partial charge in [0.15, 0.2) is 0 Å². The summed E-state index contributed by atoms with van der Waals surface area (Å²) in [7, 11) is 0. The van der Waals surface area contributed by atoms with Gasteiger partial charge in [0, 0.05) is 61.4 Å². The summed E-state index contributed by atoms with van der Waals surface area (Å²) < 4.78 is 17.4. The van der Waals surface area contributed by atoms with Crippen LogP contribution >= 0.6 is 0 Å². The van der Waals surface area contributed by atoms with Crippen molar-refractivity contribution >= 4 is 71.8 Å². The van der Waals surface area contributed by atoms with E-state index in [0.29, 0.717) is 0 Å². The van der Waals surface area contributed by atoms with Gasteiger partial charge in [-0.15, -0.1) is 0 Å². The molecule has 0 aliphatic carbocycles. The van der Waals surface area contributed by atoms with Crippen LogP contribution in [0.25, 0.3) is 94.4 Å². The molecule has 0 saturated carbocycles. The third-order valence-corrected chi connectivity index (χ3v) is 9.71. The smallest absolute Gasteiger partial charge is 0.137 e. The molecule has 0 spiro atoms. The molecule has 4 nitrogen and oxygen atoms in total. The van der Waals surface area contributed by atoms with Gasteiger partial charge in [-0.3, -0.25) is 0 Å². The van der Waals surface area contributed by atoms with E-state index in [2.05, 4.69) is 132 Å². The predicted molar refractivity (Wildman–Crippen MR) is 195 cm³/mol. The van der Waals surface area contributed by atoms with Crippen molar-refractivity contribution in [3.05, 3.63) is 151 Å². The van der Waals surface area contributed by atoms with Crippen LogP contribution in [0.2, 0.25) is 0 Å². The summed E-state index contributed by atoms with van der Waals surface area (Å²) in [6.07, 6.45) is 1.99. The monoisotopic (exact) mass is 604 g/mol. The van der Waals surface area contributed by atoms with E-state index in [1.54, 1.807) is 0 Å². The minimum absolute atomic E-state index is 0.863. The van der Waals surface area contributed by atoms with Crippen LogP contribution in [0.1, 0.15) is 11.3 Å². The lowest BCUT2D eigenvalue weighted by Crippen LogP contribution is -2.00. The van der Waals surface area contributed by atoms with Crippen LogP contribution in [-0.4, -0.2) is 9.13 Å². The van der Waals surface area contributed by atoms with Gasteiger partial charge in [-0.25, -0.2) is 0 Å². The molecule has 0 N–H and O–H groups in total. The maximum Gasteiger partial charge on any atom is 0.137 e. The first-order valence-electron chi connectivity index (χ1n) is 15.9. The lowest BCUT2D eigenvalue weighted by molar-refractivity contribution is 0.668. The lowest BCUT2D eigenvalue weighted by Gasteiger charge is -2.14. The van der Waals surface area contributed by atoms with Gasteiger partial charge in [0.1, 0.15) is 22.3 Å². The molecule has 0 saturated heterocycles. The third kappa shape index (κ3) is 3.58. The Balaban J connectivity index is 1.28. The number of furan rings is 2. The number of aryl methyl sites for hydroxylation is 1. The number of fused-ring (bicyclic) bond motifs is 8. The van der Waals surface area contributed by atoms with Crippen LogP contribution < -0.4 is 0 Å². The van der Waals surface area contributed by atoms with Crippen molar-refractivity contribution in [1.29, 1.82) is 0 Å². The predicted octanol–water partition coefficient (Wildman–Crippen LogP) is 12.0. The standard InChI is InChI=1S/C43H28N2O2/c1-3-35-42(34-15-5-9-17-37(34)44(35)27-20-22-32-30-13-6-10-18-38(30)46-40(32)24-27)43-26(2)29-12-4-8-16-36(29)45(43)28-21-23-33-31-14-7-11-19-39(31)47-41(33)25-28/h3-25H,1H2,2H3. The number of nitrogens with zero attached hydrogens (tertiary/aromatic N) is 2. The van der Waals surface area contributed by atoms with Crippen molar-refractivity contribution in [1.82, 2.24) is 9.13 Å². The summed E-state index contributed by atoms with van der Waals surface area (Å²) in [5, 5.41) is 6.84. The Labute approximate surface area is 270 Å². The molecule has 10 aromatic rings. The third-order valence-electron chi connectivity index (χ3n) is 9.71. The summed E-state index contributed by atoms with van der Waals surface area (Å²) in [5.74, 6) is 0. The Morgan fingerprint density at radius 3 is 1.55 bits per heavy atom. The first-order valence-corrected chi connectivity index (χ1v) is 15.9. The van der Waals surface area contributed by atoms with Gasteiger partial charge in [-0.05, 0) is 67.1 Å². The Morgan fingerprint density at radius 2 is 0.957 bits per heavy atom. The second-order valence-corrected chi connectivity index (χ2v) is 12.2. The van der Waals surface area contributed by atoms with Gasteiger partial charge in [-0.2, -0.15) is 0 Å². The van der Waals surface area contributed by atoms with E-state index >= 15 is 0 Å². The molecule has 0 aliphatic heterocycles. The summed E-state index contributed by atoms with van der Waals surface area (Å²) in [6, 6.07) is 46.8. The molecule has 4 heteroatoms. The molecule has 0 bridgehead atoms. The SMILES string of the molecule is C=Cc1c(-c2c(C)c3ccccc3n2-c2ccc3c(c2)oc2ccccc23)c2ccccc2n1-c1ccc2c(c1)oc1ccccc12. The van der Waals surface area contributed by atoms with E-state index < -0.39 is 0 Å². The zero-order valence-electron chi connectivity index (χ0n) is 25.7. The summed E-state index contributed by atoms with van der Waals surface area (Å²) in [4.78, 5) is 0. The van der Waals surface area contributed by atoms with Crippen LogP contribution in [0.4, 0.5) is 0 Å². The van der Waals surface area contributed by atoms with E-state index in [1.807, 2.05) is 30.3 Å². The number of aromatic nitrogens is 2. The fraction of sp³-hybridized carbons (Fsp3) is 0.0233. The second-order valence-electron chi connectivity index (χ2n) is 12.2. The minimum atomic E-state index is 0.863. The fourth-order valence-electron chi connectivity index (χ4n) is 7.66. The highest BCUT2D eigenvalue weighted by molar-refractivity contribution is 6.09. The number of benzene rings is 6. The Bertz CT molecular complexity index is 2890. The van der Waals surface area contributed by atoms with Gasteiger partial charge in [-0.1, -0.05) is 79.4 Å². The van der Waals surface area contributed by atoms with Crippen molar-refractivity contribution in [2.24, 2.45) is 0 Å². The van der Waals surface area contributed by atoms with E-state index in [9.17, 15) is 0 Å². The second kappa shape index (κ2) is 9.62. The van der Waals surface area contributed by atoms with Crippen molar-refractivity contribution < 1.29 is 8.83 Å². The Kier molecular flexibility index (Phi) is 5.32. The molecule has 0 aliphatic rings. The highest BCUT2D eigenvalue weighted by atomic mass is 16.3. The van der Waals surface area contributed by atoms with Gasteiger partial charge >= 0.3 is 0 Å². The van der Waals surface area contributed by atoms with E-state index in [1.165, 1.54) is 10.9 Å². The van der Waals surface area contributed by atoms with E-state index in [0.717, 1.165) is 88.6 Å². The molecule has 4 aromatic heterocycles. The zero-order valence-corrected chi connectivity index (χ0v) is 25.7. The molecular formula is C43H28N2O2. The van der Waals surface area contributed by atoms with Gasteiger partial charge in [0.25, 0.3) is 0 Å². The van der Waals surface area contributed by atoms with Crippen LogP contribution in [-0.2, 0) is 0 Å². The number of hydrogen-bond acceptors (Lipinski definition) is 2. The van der Waals surface area contributed by atoms with E-state index in [4.69, 9.17) is 8.83 Å². The molecule has 0 amide bonds. The summed E-state index contributed by atoms with van der Waals surface area (Å²) in [6.45, 7) is 6.61. The van der Waals surface area contributed by atoms with Crippen LogP contribution in [0.15, 0.2) is 149 Å². The molecule has 0 radical (unpaired) electrons. The zero-order chi connectivity index (χ0) is 31.2. The van der Waals surface area contributed by atoms with Crippen molar-refractivity contribution in [3.63, 3.8) is 0 Å². The molecule has 6 aromatic carbocycles. The molecule has 4 heterocycles. The maximum absolute atomic E-state index is 6.37. The number of hydrogen-bond donors (Lipinski definition) is 0. The largest absolute Gasteiger partial charge is 0.456 e. The van der Waals surface area contributed by atoms with Crippen LogP contribution in [0, 0.1) is 6.92 Å². The number of rotatable bonds is 4. The first kappa shape index (κ1) is 26.0. The number of para-hydroxylation sites is 4. The fourth-order valence-corrected chi connectivity index (χ4v) is 7.66. The maximum atomic E-state index is 6.37. The molecule has 0 atom stereocenters. The van der Waals surface area contributed by atoms with Crippen molar-refractivity contribution in [2.75, 3.05) is 0 Å². The Morgan fingerprint density at radius 1 is 0.489 bits per heavy atom. The van der Waals surface area contributed by atoms with Crippen molar-refractivity contribution in [3.8, 4) is 22.6 Å². The minimum Gasteiger partial charge on any atom is -0.456 e. The average molecular weight is 605 g/mol. The average Bonchev–Trinajstić information content (AvgIpc) is 3.85. The molecule has 47 heavy (non-hydrogen) atoms. The molecule has 10 rings (SSSR count). The van der Waals surface area contributed by atoms with Crippen molar-refractivity contribution in [2.45, 2.75) is 6.92 Å². The Hall–Kier alpha value is -6.26. The highest BCUT2D eigenvalue weighted by Crippen LogP contribution is 2.45. The van der Waals surface area contributed by atoms with Crippen LogP contribution in [0.3, 0.4) is 0 Å². The quantitative estimate of drug-likeness (QED) is 0.200. The molecule has 0 unspecified atom stereocenters. The van der Waals surface area contributed by atoms with Gasteiger partial charge < -0.3 is 18.0 Å². The summed E-state index contributed by atoms with van der Waals surface area (Å²) >= 11 is 0. The van der Waals surface area contributed by atoms with Crippen LogP contribution in [0.5, 0.6) is 0 Å². The molecule has 0 fully saturated rings. The summed E-state index contributed by atoms with van der Waals surface area (Å²) in [5.41, 5.74) is 12.4. The highest BCUT2D eigenvalue weighted by Gasteiger charge is 2.25. The normalized spacial score (nSPS) is 12.0. The van der Waals surface area contributed by atoms with Gasteiger partial charge in [0.05, 0.1) is 22.4 Å². The van der Waals surface area contributed by atoms with Gasteiger partial charge in [0.2, 0.25) is 0 Å². The molecule has 222 valence electrons. The van der Waals surface area contributed by atoms with E-state index in [-0.39, 0.29) is 0 Å². The molecular weight excluding hydrogens is 576 g/mol. The topological polar surface area (TPSA) is 36.1 Å². The lowest BCUT2D eigenvalue weighted by atomic mass is 10.0.